The monoisotopic (exact) mass is 228 g/mol. The molecule has 0 aliphatic carbocycles. The van der Waals surface area contributed by atoms with E-state index >= 15 is 0 Å². The molecule has 0 unspecified atom stereocenters. The van der Waals surface area contributed by atoms with Gasteiger partial charge in [0.2, 0.25) is 0 Å². The summed E-state index contributed by atoms with van der Waals surface area (Å²) in [7, 11) is -0.0818. The Labute approximate surface area is 101 Å². The highest BCUT2D eigenvalue weighted by Crippen LogP contribution is 2.20. The molecule has 17 heavy (non-hydrogen) atoms. The van der Waals surface area contributed by atoms with Crippen LogP contribution in [-0.4, -0.2) is 17.6 Å². The first-order chi connectivity index (χ1) is 8.33. The van der Waals surface area contributed by atoms with E-state index in [9.17, 15) is 5.11 Å². The minimum Gasteiger partial charge on any atom is -0.457 e. The molecule has 0 aliphatic heterocycles. The van der Waals surface area contributed by atoms with E-state index in [4.69, 9.17) is 9.76 Å². The molecular weight excluding hydrogens is 215 g/mol. The number of hydrogen-bond acceptors (Lipinski definition) is 3. The quantitative estimate of drug-likeness (QED) is 0.765. The molecule has 0 heterocycles. The Hall–Kier alpha value is -1.78. The zero-order chi connectivity index (χ0) is 12.1. The smallest absolute Gasteiger partial charge is 0.305 e. The zero-order valence-electron chi connectivity index (χ0n) is 9.34. The molecule has 0 amide bonds. The highest BCUT2D eigenvalue weighted by atomic mass is 16.5. The molecule has 2 aromatic rings. The number of ether oxygens (including phenoxy) is 1. The fourth-order valence-electron chi connectivity index (χ4n) is 1.59. The van der Waals surface area contributed by atoms with Crippen LogP contribution in [-0.2, 0) is 6.61 Å². The fourth-order valence-corrected chi connectivity index (χ4v) is 1.59. The predicted octanol–water partition coefficient (Wildman–Crippen LogP) is 0.940. The highest BCUT2D eigenvalue weighted by molar-refractivity contribution is 6.46. The van der Waals surface area contributed by atoms with Gasteiger partial charge in [0.05, 0.1) is 6.61 Å². The maximum absolute atomic E-state index is 9.17. The summed E-state index contributed by atoms with van der Waals surface area (Å²) in [6.45, 7) is -0.109. The Morgan fingerprint density at radius 2 is 1.76 bits per heavy atom. The van der Waals surface area contributed by atoms with E-state index in [1.54, 1.807) is 18.2 Å². The van der Waals surface area contributed by atoms with Gasteiger partial charge in [-0.05, 0) is 35.3 Å². The summed E-state index contributed by atoms with van der Waals surface area (Å²) in [6, 6.07) is 14.7. The van der Waals surface area contributed by atoms with Crippen LogP contribution in [0.2, 0.25) is 0 Å². The van der Waals surface area contributed by atoms with Crippen molar-refractivity contribution in [1.82, 2.24) is 0 Å². The van der Waals surface area contributed by atoms with Crippen molar-refractivity contribution in [2.45, 2.75) is 6.61 Å². The molecule has 2 rings (SSSR count). The van der Waals surface area contributed by atoms with Crippen LogP contribution >= 0.6 is 0 Å². The van der Waals surface area contributed by atoms with Crippen molar-refractivity contribution in [3.8, 4) is 11.5 Å². The number of aliphatic hydroxyl groups is 1. The van der Waals surface area contributed by atoms with Crippen LogP contribution in [0.3, 0.4) is 0 Å². The maximum atomic E-state index is 9.17. The van der Waals surface area contributed by atoms with Gasteiger partial charge in [-0.15, -0.1) is 0 Å². The molecule has 2 aromatic carbocycles. The third-order valence-corrected chi connectivity index (χ3v) is 2.50. The molecule has 0 bridgehead atoms. The van der Waals surface area contributed by atoms with E-state index in [0.29, 0.717) is 16.8 Å². The van der Waals surface area contributed by atoms with Gasteiger partial charge in [0.15, 0.2) is 0 Å². The average Bonchev–Trinajstić information content (AvgIpc) is 2.40. The van der Waals surface area contributed by atoms with Crippen LogP contribution in [0.5, 0.6) is 11.5 Å². The van der Waals surface area contributed by atoms with Crippen LogP contribution in [0.15, 0.2) is 48.5 Å². The van der Waals surface area contributed by atoms with E-state index in [1.165, 1.54) is 0 Å². The third kappa shape index (κ3) is 2.87. The summed E-state index contributed by atoms with van der Waals surface area (Å²) in [5, 5.41) is 18.3. The van der Waals surface area contributed by atoms with Crippen molar-refractivity contribution in [2.24, 2.45) is 0 Å². The molecule has 0 fully saturated rings. The normalized spacial score (nSPS) is 10.0. The number of rotatable bonds is 4. The topological polar surface area (TPSA) is 49.7 Å². The van der Waals surface area contributed by atoms with Crippen molar-refractivity contribution in [3.63, 3.8) is 0 Å². The molecule has 0 radical (unpaired) electrons. The van der Waals surface area contributed by atoms with Crippen molar-refractivity contribution >= 4 is 12.9 Å². The van der Waals surface area contributed by atoms with Crippen LogP contribution in [0.4, 0.5) is 0 Å². The lowest BCUT2D eigenvalue weighted by Crippen LogP contribution is -2.18. The Kier molecular flexibility index (Phi) is 3.80. The van der Waals surface area contributed by atoms with Gasteiger partial charge in [-0.3, -0.25) is 0 Å². The summed E-state index contributed by atoms with van der Waals surface area (Å²) >= 11 is 0. The maximum Gasteiger partial charge on any atom is 0.305 e. The van der Waals surface area contributed by atoms with Gasteiger partial charge in [0.25, 0.3) is 0 Å². The van der Waals surface area contributed by atoms with Crippen LogP contribution in [0, 0.1) is 0 Å². The van der Waals surface area contributed by atoms with Gasteiger partial charge in [0, 0.05) is 0 Å². The van der Waals surface area contributed by atoms with Crippen molar-refractivity contribution in [1.29, 1.82) is 0 Å². The Morgan fingerprint density at radius 1 is 1.00 bits per heavy atom. The molecule has 2 N–H and O–H groups in total. The predicted molar refractivity (Wildman–Crippen MR) is 67.9 cm³/mol. The summed E-state index contributed by atoms with van der Waals surface area (Å²) in [6.07, 6.45) is 0. The van der Waals surface area contributed by atoms with E-state index < -0.39 is 0 Å². The second-order valence-corrected chi connectivity index (χ2v) is 3.66. The summed E-state index contributed by atoms with van der Waals surface area (Å²) < 4.78 is 5.63. The SMILES string of the molecule is OBc1ccc(Oc2ccccc2)cc1CO. The number of aliphatic hydroxyl groups excluding tert-OH is 1. The van der Waals surface area contributed by atoms with Crippen LogP contribution in [0.1, 0.15) is 5.56 Å². The minimum atomic E-state index is -0.109. The second-order valence-electron chi connectivity index (χ2n) is 3.66. The molecule has 0 saturated heterocycles. The molecule has 0 aliphatic rings. The lowest BCUT2D eigenvalue weighted by Gasteiger charge is -2.09. The summed E-state index contributed by atoms with van der Waals surface area (Å²) in [5.74, 6) is 1.39. The highest BCUT2D eigenvalue weighted by Gasteiger charge is 2.04. The molecule has 0 atom stereocenters. The molecule has 86 valence electrons. The largest absolute Gasteiger partial charge is 0.457 e. The molecule has 4 heteroatoms. The summed E-state index contributed by atoms with van der Waals surface area (Å²) in [4.78, 5) is 0. The van der Waals surface area contributed by atoms with Gasteiger partial charge in [-0.2, -0.15) is 0 Å². The first-order valence-corrected chi connectivity index (χ1v) is 5.40. The minimum absolute atomic E-state index is 0.0818. The van der Waals surface area contributed by atoms with Crippen molar-refractivity contribution in [3.05, 3.63) is 54.1 Å². The van der Waals surface area contributed by atoms with Gasteiger partial charge in [-0.25, -0.2) is 0 Å². The first-order valence-electron chi connectivity index (χ1n) is 5.40. The fraction of sp³-hybridized carbons (Fsp3) is 0.0769. The van der Waals surface area contributed by atoms with E-state index in [0.717, 1.165) is 5.75 Å². The van der Waals surface area contributed by atoms with Crippen LogP contribution < -0.4 is 10.2 Å². The zero-order valence-corrected chi connectivity index (χ0v) is 9.34. The molecule has 0 saturated carbocycles. The Balaban J connectivity index is 2.22. The molecular formula is C13H13BO3. The van der Waals surface area contributed by atoms with E-state index in [-0.39, 0.29) is 14.1 Å². The van der Waals surface area contributed by atoms with Crippen molar-refractivity contribution < 1.29 is 14.9 Å². The lowest BCUT2D eigenvalue weighted by molar-refractivity contribution is 0.282. The van der Waals surface area contributed by atoms with E-state index in [1.807, 2.05) is 30.3 Å². The standard InChI is InChI=1S/C13H13BO3/c15-9-10-8-12(6-7-13(10)14-16)17-11-4-2-1-3-5-11/h1-8,14-16H,9H2. The lowest BCUT2D eigenvalue weighted by atomic mass is 9.84. The van der Waals surface area contributed by atoms with Gasteiger partial charge < -0.3 is 14.9 Å². The second kappa shape index (κ2) is 5.52. The Bertz CT molecular complexity index is 485. The first kappa shape index (κ1) is 11.7. The van der Waals surface area contributed by atoms with Gasteiger partial charge in [-0.1, -0.05) is 24.3 Å². The Morgan fingerprint density at radius 3 is 2.41 bits per heavy atom. The van der Waals surface area contributed by atoms with Gasteiger partial charge in [0.1, 0.15) is 11.5 Å². The molecule has 0 aromatic heterocycles. The number of hydrogen-bond donors (Lipinski definition) is 2. The summed E-state index contributed by atoms with van der Waals surface area (Å²) in [5.41, 5.74) is 1.40. The number of benzene rings is 2. The molecule has 3 nitrogen and oxygen atoms in total. The van der Waals surface area contributed by atoms with E-state index in [2.05, 4.69) is 0 Å². The average molecular weight is 228 g/mol. The van der Waals surface area contributed by atoms with Crippen molar-refractivity contribution in [2.75, 3.05) is 0 Å². The van der Waals surface area contributed by atoms with Crippen LogP contribution in [0.25, 0.3) is 0 Å². The third-order valence-electron chi connectivity index (χ3n) is 2.50. The van der Waals surface area contributed by atoms with Gasteiger partial charge >= 0.3 is 7.48 Å². The molecule has 0 spiro atoms. The number of para-hydroxylation sites is 1.